The lowest BCUT2D eigenvalue weighted by Crippen LogP contribution is -2.41. The zero-order valence-electron chi connectivity index (χ0n) is 20.3. The summed E-state index contributed by atoms with van der Waals surface area (Å²) in [5, 5.41) is 13.6. The summed E-state index contributed by atoms with van der Waals surface area (Å²) in [7, 11) is 1.60. The van der Waals surface area contributed by atoms with Gasteiger partial charge in [0.1, 0.15) is 6.04 Å². The van der Waals surface area contributed by atoms with Crippen LogP contribution in [0.4, 0.5) is 0 Å². The maximum absolute atomic E-state index is 13.6. The number of amides is 3. The van der Waals surface area contributed by atoms with Crippen molar-refractivity contribution >= 4 is 34.6 Å². The number of hydrogen-bond acceptors (Lipinski definition) is 4. The van der Waals surface area contributed by atoms with Crippen LogP contribution in [0, 0.1) is 0 Å². The minimum atomic E-state index is -0.928. The van der Waals surface area contributed by atoms with Gasteiger partial charge in [-0.1, -0.05) is 78.9 Å². The summed E-state index contributed by atoms with van der Waals surface area (Å²) in [6, 6.07) is 28.8. The molecule has 0 aliphatic heterocycles. The van der Waals surface area contributed by atoms with Crippen molar-refractivity contribution in [3.8, 4) is 0 Å². The fourth-order valence-corrected chi connectivity index (χ4v) is 4.12. The zero-order chi connectivity index (χ0) is 26.2. The molecule has 0 spiro atoms. The molecule has 0 aliphatic carbocycles. The summed E-state index contributed by atoms with van der Waals surface area (Å²) < 4.78 is 0. The van der Waals surface area contributed by atoms with Gasteiger partial charge in [-0.3, -0.25) is 19.6 Å². The highest BCUT2D eigenvalue weighted by atomic mass is 16.5. The van der Waals surface area contributed by atoms with Crippen molar-refractivity contribution < 1.29 is 19.6 Å². The molecule has 4 rings (SSSR count). The Morgan fingerprint density at radius 3 is 2.35 bits per heavy atom. The van der Waals surface area contributed by atoms with Crippen LogP contribution in [0.2, 0.25) is 0 Å². The number of carbonyl (C=O) groups excluding carboxylic acids is 3. The molecule has 0 saturated heterocycles. The van der Waals surface area contributed by atoms with Gasteiger partial charge in [-0.05, 0) is 51.7 Å². The molecule has 0 aliphatic rings. The standard InChI is InChI=1S/C30H27N3O4/c1-33(30(36)26-16-15-23-11-5-6-12-24(23)19-26)28(29(35)31-20-22-8-3-2-4-9-22)25-13-7-10-21(18-25)14-17-27(34)32-37/h2-19,28,37H,20H2,1H3,(H,31,35)(H,32,34)/b17-14+. The Labute approximate surface area is 215 Å². The smallest absolute Gasteiger partial charge is 0.267 e. The number of hydroxylamine groups is 1. The Hall–Kier alpha value is -4.75. The normalized spacial score (nSPS) is 11.7. The number of hydrogen-bond donors (Lipinski definition) is 3. The number of nitrogens with zero attached hydrogens (tertiary/aromatic N) is 1. The van der Waals surface area contributed by atoms with Gasteiger partial charge in [0, 0.05) is 25.2 Å². The molecular formula is C30H27N3O4. The van der Waals surface area contributed by atoms with Gasteiger partial charge in [0.15, 0.2) is 0 Å². The van der Waals surface area contributed by atoms with Crippen molar-refractivity contribution in [2.45, 2.75) is 12.6 Å². The highest BCUT2D eigenvalue weighted by molar-refractivity contribution is 6.01. The number of likely N-dealkylation sites (N-methyl/N-ethyl adjacent to an activating group) is 1. The molecule has 7 heteroatoms. The van der Waals surface area contributed by atoms with Crippen LogP contribution in [-0.4, -0.2) is 34.9 Å². The SMILES string of the molecule is CN(C(=O)c1ccc2ccccc2c1)C(C(=O)NCc1ccccc1)c1cccc(/C=C/C(=O)NO)c1. The molecule has 1 atom stereocenters. The first-order valence-corrected chi connectivity index (χ1v) is 11.8. The van der Waals surface area contributed by atoms with Gasteiger partial charge >= 0.3 is 0 Å². The van der Waals surface area contributed by atoms with E-state index in [-0.39, 0.29) is 11.8 Å². The van der Waals surface area contributed by atoms with Crippen molar-refractivity contribution in [2.75, 3.05) is 7.05 Å². The van der Waals surface area contributed by atoms with Gasteiger partial charge in [-0.15, -0.1) is 0 Å². The Balaban J connectivity index is 1.66. The summed E-state index contributed by atoms with van der Waals surface area (Å²) in [6.45, 7) is 0.310. The van der Waals surface area contributed by atoms with Crippen LogP contribution < -0.4 is 10.8 Å². The molecule has 0 saturated carbocycles. The third-order valence-corrected chi connectivity index (χ3v) is 6.03. The maximum Gasteiger partial charge on any atom is 0.267 e. The van der Waals surface area contributed by atoms with Crippen LogP contribution in [0.25, 0.3) is 16.8 Å². The number of fused-ring (bicyclic) bond motifs is 1. The van der Waals surface area contributed by atoms with Crippen LogP contribution in [-0.2, 0) is 16.1 Å². The van der Waals surface area contributed by atoms with E-state index in [1.807, 2.05) is 66.7 Å². The summed E-state index contributed by atoms with van der Waals surface area (Å²) in [5.74, 6) is -1.31. The highest BCUT2D eigenvalue weighted by Gasteiger charge is 2.29. The molecule has 3 amide bonds. The number of nitrogens with one attached hydrogen (secondary N) is 2. The van der Waals surface area contributed by atoms with E-state index in [9.17, 15) is 14.4 Å². The van der Waals surface area contributed by atoms with Gasteiger partial charge in [0.25, 0.3) is 11.8 Å². The van der Waals surface area contributed by atoms with Crippen LogP contribution >= 0.6 is 0 Å². The summed E-state index contributed by atoms with van der Waals surface area (Å²) in [5.41, 5.74) is 4.16. The third kappa shape index (κ3) is 6.28. The molecule has 4 aromatic carbocycles. The van der Waals surface area contributed by atoms with Crippen LogP contribution in [0.1, 0.15) is 33.1 Å². The topological polar surface area (TPSA) is 98.7 Å². The lowest BCUT2D eigenvalue weighted by molar-refractivity contribution is -0.126. The first-order chi connectivity index (χ1) is 18.0. The van der Waals surface area contributed by atoms with E-state index in [1.165, 1.54) is 17.1 Å². The largest absolute Gasteiger partial charge is 0.350 e. The predicted molar refractivity (Wildman–Crippen MR) is 142 cm³/mol. The van der Waals surface area contributed by atoms with Crippen molar-refractivity contribution in [3.63, 3.8) is 0 Å². The first-order valence-electron chi connectivity index (χ1n) is 11.8. The monoisotopic (exact) mass is 493 g/mol. The van der Waals surface area contributed by atoms with E-state index in [2.05, 4.69) is 5.32 Å². The fourth-order valence-electron chi connectivity index (χ4n) is 4.12. The molecule has 0 radical (unpaired) electrons. The number of rotatable bonds is 8. The molecule has 0 heterocycles. The molecule has 3 N–H and O–H groups in total. The van der Waals surface area contributed by atoms with Crippen molar-refractivity contribution in [1.29, 1.82) is 0 Å². The predicted octanol–water partition coefficient (Wildman–Crippen LogP) is 4.49. The molecular weight excluding hydrogens is 466 g/mol. The average molecular weight is 494 g/mol. The van der Waals surface area contributed by atoms with Crippen molar-refractivity contribution in [3.05, 3.63) is 125 Å². The molecule has 0 bridgehead atoms. The van der Waals surface area contributed by atoms with Crippen LogP contribution in [0.5, 0.6) is 0 Å². The first kappa shape index (κ1) is 25.3. The second kappa shape index (κ2) is 11.8. The highest BCUT2D eigenvalue weighted by Crippen LogP contribution is 2.25. The molecule has 186 valence electrons. The lowest BCUT2D eigenvalue weighted by Gasteiger charge is -2.28. The Bertz CT molecular complexity index is 1450. The van der Waals surface area contributed by atoms with E-state index in [0.29, 0.717) is 23.2 Å². The maximum atomic E-state index is 13.6. The lowest BCUT2D eigenvalue weighted by atomic mass is 10.00. The van der Waals surface area contributed by atoms with E-state index < -0.39 is 11.9 Å². The summed E-state index contributed by atoms with van der Waals surface area (Å²) in [4.78, 5) is 39.9. The second-order valence-corrected chi connectivity index (χ2v) is 8.56. The molecule has 4 aromatic rings. The molecule has 1 unspecified atom stereocenters. The van der Waals surface area contributed by atoms with Gasteiger partial charge < -0.3 is 10.2 Å². The molecule has 0 aromatic heterocycles. The van der Waals surface area contributed by atoms with Gasteiger partial charge in [0.2, 0.25) is 5.91 Å². The number of benzene rings is 4. The minimum absolute atomic E-state index is 0.300. The van der Waals surface area contributed by atoms with Gasteiger partial charge in [-0.2, -0.15) is 0 Å². The van der Waals surface area contributed by atoms with Gasteiger partial charge in [0.05, 0.1) is 0 Å². The Morgan fingerprint density at radius 1 is 0.865 bits per heavy atom. The average Bonchev–Trinajstić information content (AvgIpc) is 2.95. The van der Waals surface area contributed by atoms with Crippen LogP contribution in [0.15, 0.2) is 103 Å². The third-order valence-electron chi connectivity index (χ3n) is 6.03. The fraction of sp³-hybridized carbons (Fsp3) is 0.100. The van der Waals surface area contributed by atoms with E-state index in [0.717, 1.165) is 16.3 Å². The zero-order valence-corrected chi connectivity index (χ0v) is 20.3. The van der Waals surface area contributed by atoms with Crippen molar-refractivity contribution in [1.82, 2.24) is 15.7 Å². The number of carbonyl (C=O) groups is 3. The molecule has 37 heavy (non-hydrogen) atoms. The molecule has 7 nitrogen and oxygen atoms in total. The van der Waals surface area contributed by atoms with E-state index in [1.54, 1.807) is 42.9 Å². The Morgan fingerprint density at radius 2 is 1.59 bits per heavy atom. The van der Waals surface area contributed by atoms with Gasteiger partial charge in [-0.25, -0.2) is 5.48 Å². The summed E-state index contributed by atoms with van der Waals surface area (Å²) >= 11 is 0. The van der Waals surface area contributed by atoms with Crippen molar-refractivity contribution in [2.24, 2.45) is 0 Å². The van der Waals surface area contributed by atoms with E-state index in [4.69, 9.17) is 5.21 Å². The van der Waals surface area contributed by atoms with Crippen LogP contribution in [0.3, 0.4) is 0 Å². The molecule has 0 fully saturated rings. The summed E-state index contributed by atoms with van der Waals surface area (Å²) in [6.07, 6.45) is 2.69. The quantitative estimate of drug-likeness (QED) is 0.191. The second-order valence-electron chi connectivity index (χ2n) is 8.56. The Kier molecular flexibility index (Phi) is 8.08. The minimum Gasteiger partial charge on any atom is -0.350 e. The van der Waals surface area contributed by atoms with E-state index >= 15 is 0 Å².